The second kappa shape index (κ2) is 11.5. The van der Waals surface area contributed by atoms with E-state index in [0.717, 1.165) is 66.1 Å². The highest BCUT2D eigenvalue weighted by molar-refractivity contribution is 6.22. The summed E-state index contributed by atoms with van der Waals surface area (Å²) in [5, 5.41) is 4.32. The van der Waals surface area contributed by atoms with E-state index in [0.29, 0.717) is 0 Å². The minimum absolute atomic E-state index is 0.837. The third-order valence-corrected chi connectivity index (χ3v) is 9.86. The van der Waals surface area contributed by atoms with Crippen LogP contribution >= 0.6 is 0 Å². The zero-order valence-corrected chi connectivity index (χ0v) is 27.1. The second-order valence-electron chi connectivity index (χ2n) is 12.9. The minimum Gasteiger partial charge on any atom is -0.455 e. The number of rotatable bonds is 5. The summed E-state index contributed by atoms with van der Waals surface area (Å²) in [6.07, 6.45) is 0. The van der Waals surface area contributed by atoms with Crippen LogP contribution in [0.5, 0.6) is 0 Å². The number of benzene rings is 8. The molecule has 0 amide bonds. The maximum absolute atomic E-state index is 6.71. The number of hydrogen-bond donors (Lipinski definition) is 0. The normalized spacial score (nSPS) is 11.6. The average Bonchev–Trinajstić information content (AvgIpc) is 3.75. The Morgan fingerprint density at radius 1 is 0.240 bits per heavy atom. The van der Waals surface area contributed by atoms with Gasteiger partial charge in [-0.1, -0.05) is 140 Å². The van der Waals surface area contributed by atoms with Crippen LogP contribution in [-0.4, -0.2) is 0 Å². The van der Waals surface area contributed by atoms with Crippen molar-refractivity contribution in [3.8, 4) is 55.6 Å². The molecule has 10 rings (SSSR count). The summed E-state index contributed by atoms with van der Waals surface area (Å²) in [7, 11) is 0. The Morgan fingerprint density at radius 2 is 0.600 bits per heavy atom. The first-order valence-electron chi connectivity index (χ1n) is 17.0. The van der Waals surface area contributed by atoms with Crippen LogP contribution in [-0.2, 0) is 0 Å². The summed E-state index contributed by atoms with van der Waals surface area (Å²) in [6, 6.07) is 64.4. The van der Waals surface area contributed by atoms with Crippen LogP contribution in [0.4, 0.5) is 0 Å². The molecule has 0 saturated heterocycles. The molecular formula is C48H30O2. The van der Waals surface area contributed by atoms with Crippen LogP contribution < -0.4 is 0 Å². The van der Waals surface area contributed by atoms with Crippen molar-refractivity contribution in [3.05, 3.63) is 182 Å². The third kappa shape index (κ3) is 4.73. The van der Waals surface area contributed by atoms with E-state index in [1.165, 1.54) is 33.4 Å². The maximum Gasteiger partial charge on any atom is 0.147 e. The van der Waals surface area contributed by atoms with Crippen LogP contribution in [0.25, 0.3) is 99.5 Å². The molecular weight excluding hydrogens is 609 g/mol. The summed E-state index contributed by atoms with van der Waals surface area (Å²) >= 11 is 0. The topological polar surface area (TPSA) is 26.3 Å². The fourth-order valence-corrected chi connectivity index (χ4v) is 7.38. The van der Waals surface area contributed by atoms with Gasteiger partial charge in [0.1, 0.15) is 22.3 Å². The van der Waals surface area contributed by atoms with E-state index in [-0.39, 0.29) is 0 Å². The maximum atomic E-state index is 6.71. The summed E-state index contributed by atoms with van der Waals surface area (Å²) < 4.78 is 13.4. The molecule has 2 nitrogen and oxygen atoms in total. The van der Waals surface area contributed by atoms with Gasteiger partial charge in [0.05, 0.1) is 5.56 Å². The van der Waals surface area contributed by atoms with Gasteiger partial charge in [-0.15, -0.1) is 0 Å². The second-order valence-corrected chi connectivity index (χ2v) is 12.9. The standard InChI is InChI=1S/C48H30O2/c1-4-12-31(13-5-1)34-18-10-20-36(26-34)38-22-24-44-40(28-38)42-30-43-41-29-39(37-21-11-19-35(27-37)32-14-6-2-7-15-32)23-25-45(41)50-48(43)46(47(42)49-44)33-16-8-3-9-17-33/h1-30H. The van der Waals surface area contributed by atoms with Crippen molar-refractivity contribution in [2.24, 2.45) is 0 Å². The first-order chi connectivity index (χ1) is 24.8. The van der Waals surface area contributed by atoms with Crippen molar-refractivity contribution < 1.29 is 8.83 Å². The van der Waals surface area contributed by atoms with Crippen molar-refractivity contribution in [1.29, 1.82) is 0 Å². The van der Waals surface area contributed by atoms with Crippen LogP contribution in [0.15, 0.2) is 191 Å². The molecule has 0 saturated carbocycles. The Hall–Kier alpha value is -6.64. The highest BCUT2D eigenvalue weighted by atomic mass is 16.3. The third-order valence-electron chi connectivity index (χ3n) is 9.86. The molecule has 0 aliphatic carbocycles. The number of furan rings is 2. The van der Waals surface area contributed by atoms with Crippen LogP contribution in [0.2, 0.25) is 0 Å². The zero-order chi connectivity index (χ0) is 33.0. The van der Waals surface area contributed by atoms with Crippen LogP contribution in [0, 0.1) is 0 Å². The highest BCUT2D eigenvalue weighted by Gasteiger charge is 2.22. The fraction of sp³-hybridized carbons (Fsp3) is 0. The van der Waals surface area contributed by atoms with Gasteiger partial charge in [0.25, 0.3) is 0 Å². The zero-order valence-electron chi connectivity index (χ0n) is 27.1. The predicted octanol–water partition coefficient (Wildman–Crippen LogP) is 13.8. The molecule has 0 atom stereocenters. The van der Waals surface area contributed by atoms with Gasteiger partial charge >= 0.3 is 0 Å². The molecule has 0 N–H and O–H groups in total. The molecule has 0 aliphatic rings. The first-order valence-corrected chi connectivity index (χ1v) is 17.0. The van der Waals surface area contributed by atoms with Gasteiger partial charge < -0.3 is 8.83 Å². The van der Waals surface area contributed by atoms with E-state index in [1.807, 2.05) is 6.07 Å². The van der Waals surface area contributed by atoms with Gasteiger partial charge in [-0.05, 0) is 92.5 Å². The van der Waals surface area contributed by atoms with Crippen molar-refractivity contribution >= 4 is 43.9 Å². The Morgan fingerprint density at radius 3 is 1.04 bits per heavy atom. The number of hydrogen-bond acceptors (Lipinski definition) is 2. The lowest BCUT2D eigenvalue weighted by Gasteiger charge is -2.07. The summed E-state index contributed by atoms with van der Waals surface area (Å²) in [4.78, 5) is 0. The van der Waals surface area contributed by atoms with Crippen LogP contribution in [0.3, 0.4) is 0 Å². The monoisotopic (exact) mass is 638 g/mol. The van der Waals surface area contributed by atoms with E-state index < -0.39 is 0 Å². The molecule has 50 heavy (non-hydrogen) atoms. The quantitative estimate of drug-likeness (QED) is 0.187. The fourth-order valence-electron chi connectivity index (χ4n) is 7.38. The predicted molar refractivity (Wildman–Crippen MR) is 208 cm³/mol. The van der Waals surface area contributed by atoms with Crippen molar-refractivity contribution in [2.75, 3.05) is 0 Å². The Labute approximate surface area is 289 Å². The van der Waals surface area contributed by atoms with E-state index in [2.05, 4.69) is 176 Å². The summed E-state index contributed by atoms with van der Waals surface area (Å²) in [6.45, 7) is 0. The van der Waals surface area contributed by atoms with Gasteiger partial charge in [0.15, 0.2) is 0 Å². The SMILES string of the molecule is c1ccc(-c2cccc(-c3ccc4oc5c(-c6ccccc6)c6oc7ccc(-c8cccc(-c9ccccc9)c8)cc7c6cc5c4c3)c2)cc1. The molecule has 0 radical (unpaired) electrons. The minimum atomic E-state index is 0.837. The van der Waals surface area contributed by atoms with Gasteiger partial charge in [-0.3, -0.25) is 0 Å². The molecule has 234 valence electrons. The largest absolute Gasteiger partial charge is 0.455 e. The van der Waals surface area contributed by atoms with Crippen molar-refractivity contribution in [2.45, 2.75) is 0 Å². The molecule has 2 heteroatoms. The Kier molecular flexibility index (Phi) is 6.53. The Bertz CT molecular complexity index is 2670. The highest BCUT2D eigenvalue weighted by Crippen LogP contribution is 2.45. The number of fused-ring (bicyclic) bond motifs is 6. The first kappa shape index (κ1) is 28.4. The van der Waals surface area contributed by atoms with Crippen molar-refractivity contribution in [3.63, 3.8) is 0 Å². The molecule has 2 aromatic heterocycles. The molecule has 0 fully saturated rings. The Balaban J connectivity index is 1.18. The lowest BCUT2D eigenvalue weighted by atomic mass is 9.95. The molecule has 0 aliphatic heterocycles. The average molecular weight is 639 g/mol. The van der Waals surface area contributed by atoms with E-state index >= 15 is 0 Å². The molecule has 0 spiro atoms. The van der Waals surface area contributed by atoms with E-state index in [1.54, 1.807) is 0 Å². The van der Waals surface area contributed by atoms with Crippen LogP contribution in [0.1, 0.15) is 0 Å². The molecule has 10 aromatic rings. The smallest absolute Gasteiger partial charge is 0.147 e. The lowest BCUT2D eigenvalue weighted by Crippen LogP contribution is -1.82. The molecule has 0 bridgehead atoms. The lowest BCUT2D eigenvalue weighted by molar-refractivity contribution is 0.658. The summed E-state index contributed by atoms with van der Waals surface area (Å²) in [5.41, 5.74) is 14.9. The molecule has 2 heterocycles. The van der Waals surface area contributed by atoms with E-state index in [9.17, 15) is 0 Å². The van der Waals surface area contributed by atoms with Gasteiger partial charge in [-0.2, -0.15) is 0 Å². The summed E-state index contributed by atoms with van der Waals surface area (Å²) in [5.74, 6) is 0. The molecule has 8 aromatic carbocycles. The van der Waals surface area contributed by atoms with Crippen molar-refractivity contribution in [1.82, 2.24) is 0 Å². The van der Waals surface area contributed by atoms with Gasteiger partial charge in [0.2, 0.25) is 0 Å². The molecule has 0 unspecified atom stereocenters. The van der Waals surface area contributed by atoms with Gasteiger partial charge in [0, 0.05) is 21.5 Å². The van der Waals surface area contributed by atoms with E-state index in [4.69, 9.17) is 8.83 Å². The van der Waals surface area contributed by atoms with Gasteiger partial charge in [-0.25, -0.2) is 0 Å².